The van der Waals surface area contributed by atoms with E-state index < -0.39 is 0 Å². The number of carbonyl (C=O) groups excluding carboxylic acids is 1. The lowest BCUT2D eigenvalue weighted by atomic mass is 10.1. The van der Waals surface area contributed by atoms with E-state index in [4.69, 9.17) is 17.3 Å². The third-order valence-corrected chi connectivity index (χ3v) is 2.52. The molecule has 0 aliphatic heterocycles. The summed E-state index contributed by atoms with van der Waals surface area (Å²) in [5.74, 6) is -0.305. The predicted molar refractivity (Wildman–Crippen MR) is 58.8 cm³/mol. The van der Waals surface area contributed by atoms with Gasteiger partial charge in [0.15, 0.2) is 5.78 Å². The highest BCUT2D eigenvalue weighted by Crippen LogP contribution is 2.32. The largest absolute Gasteiger partial charge is 0.506 e. The number of halogens is 2. The predicted octanol–water partition coefficient (Wildman–Crippen LogP) is 2.34. The fourth-order valence-electron chi connectivity index (χ4n) is 1.04. The van der Waals surface area contributed by atoms with Crippen molar-refractivity contribution in [2.24, 2.45) is 5.73 Å². The number of phenols is 1. The monoisotopic (exact) mass is 277 g/mol. The minimum Gasteiger partial charge on any atom is -0.506 e. The normalized spacial score (nSPS) is 10.2. The second-order valence-electron chi connectivity index (χ2n) is 2.75. The van der Waals surface area contributed by atoms with Crippen LogP contribution in [0.3, 0.4) is 0 Å². The molecule has 0 saturated heterocycles. The van der Waals surface area contributed by atoms with Crippen LogP contribution in [0.25, 0.3) is 0 Å². The Morgan fingerprint density at radius 1 is 1.57 bits per heavy atom. The summed E-state index contributed by atoms with van der Waals surface area (Å²) in [5, 5.41) is 9.95. The number of carbonyl (C=O) groups is 1. The van der Waals surface area contributed by atoms with E-state index in [2.05, 4.69) is 15.9 Å². The molecule has 0 heterocycles. The van der Waals surface area contributed by atoms with E-state index in [1.54, 1.807) is 0 Å². The van der Waals surface area contributed by atoms with E-state index in [0.29, 0.717) is 9.50 Å². The minimum absolute atomic E-state index is 0.0900. The van der Waals surface area contributed by atoms with Crippen LogP contribution in [0.15, 0.2) is 16.6 Å². The molecule has 5 heteroatoms. The number of benzene rings is 1. The first-order chi connectivity index (χ1) is 6.56. The van der Waals surface area contributed by atoms with Gasteiger partial charge in [-0.05, 0) is 34.6 Å². The van der Waals surface area contributed by atoms with Crippen LogP contribution in [0.4, 0.5) is 0 Å². The highest BCUT2D eigenvalue weighted by Gasteiger charge is 2.13. The van der Waals surface area contributed by atoms with E-state index >= 15 is 0 Å². The molecule has 0 aromatic heterocycles. The Balaban J connectivity index is 3.13. The van der Waals surface area contributed by atoms with E-state index in [-0.39, 0.29) is 30.1 Å². The van der Waals surface area contributed by atoms with Crippen LogP contribution in [0, 0.1) is 0 Å². The maximum absolute atomic E-state index is 11.5. The zero-order chi connectivity index (χ0) is 10.7. The van der Waals surface area contributed by atoms with E-state index in [1.165, 1.54) is 12.1 Å². The minimum atomic E-state index is -0.215. The number of aromatic hydroxyl groups is 1. The number of ketones is 1. The molecule has 0 radical (unpaired) electrons. The van der Waals surface area contributed by atoms with Gasteiger partial charge in [0.2, 0.25) is 0 Å². The molecule has 3 nitrogen and oxygen atoms in total. The molecule has 1 aromatic rings. The van der Waals surface area contributed by atoms with E-state index in [0.717, 1.165) is 0 Å². The van der Waals surface area contributed by atoms with Gasteiger partial charge in [0.05, 0.1) is 10.0 Å². The summed E-state index contributed by atoms with van der Waals surface area (Å²) in [6.45, 7) is 0.252. The van der Waals surface area contributed by atoms with Crippen LogP contribution in [-0.2, 0) is 0 Å². The van der Waals surface area contributed by atoms with Crippen LogP contribution < -0.4 is 5.73 Å². The highest BCUT2D eigenvalue weighted by molar-refractivity contribution is 9.10. The van der Waals surface area contributed by atoms with Gasteiger partial charge in [-0.15, -0.1) is 0 Å². The fraction of sp³-hybridized carbons (Fsp3) is 0.222. The first-order valence-corrected chi connectivity index (χ1v) is 5.14. The number of hydrogen-bond donors (Lipinski definition) is 2. The standard InChI is InChI=1S/C9H9BrClNO2/c10-7-4-5(11)3-6(9(7)14)8(13)1-2-12/h3-4,14H,1-2,12H2. The summed E-state index contributed by atoms with van der Waals surface area (Å²) < 4.78 is 0.408. The molecule has 0 amide bonds. The first-order valence-electron chi connectivity index (χ1n) is 3.97. The van der Waals surface area contributed by atoms with Gasteiger partial charge < -0.3 is 10.8 Å². The summed E-state index contributed by atoms with van der Waals surface area (Å²) in [6, 6.07) is 2.95. The molecule has 3 N–H and O–H groups in total. The average molecular weight is 279 g/mol. The number of phenolic OH excluding ortho intramolecular Hbond substituents is 1. The first kappa shape index (κ1) is 11.5. The van der Waals surface area contributed by atoms with Crippen molar-refractivity contribution in [1.29, 1.82) is 0 Å². The molecule has 0 spiro atoms. The topological polar surface area (TPSA) is 63.3 Å². The molecule has 0 aliphatic carbocycles. The van der Waals surface area contributed by atoms with Crippen LogP contribution >= 0.6 is 27.5 Å². The molecule has 0 aliphatic rings. The van der Waals surface area contributed by atoms with Gasteiger partial charge in [0.25, 0.3) is 0 Å². The molecule has 14 heavy (non-hydrogen) atoms. The molecular formula is C9H9BrClNO2. The van der Waals surface area contributed by atoms with Crippen LogP contribution in [0.1, 0.15) is 16.8 Å². The lowest BCUT2D eigenvalue weighted by molar-refractivity contribution is 0.0983. The summed E-state index contributed by atoms with van der Waals surface area (Å²) >= 11 is 8.84. The Hall–Kier alpha value is -0.580. The van der Waals surface area contributed by atoms with Crippen molar-refractivity contribution < 1.29 is 9.90 Å². The summed E-state index contributed by atoms with van der Waals surface area (Å²) in [4.78, 5) is 11.5. The summed E-state index contributed by atoms with van der Waals surface area (Å²) in [6.07, 6.45) is 0.195. The molecule has 0 unspecified atom stereocenters. The second kappa shape index (κ2) is 4.77. The average Bonchev–Trinajstić information content (AvgIpc) is 2.11. The van der Waals surface area contributed by atoms with Crippen molar-refractivity contribution in [1.82, 2.24) is 0 Å². The van der Waals surface area contributed by atoms with Crippen molar-refractivity contribution in [3.05, 3.63) is 27.2 Å². The van der Waals surface area contributed by atoms with Crippen LogP contribution in [0.5, 0.6) is 5.75 Å². The van der Waals surface area contributed by atoms with Gasteiger partial charge in [0, 0.05) is 11.4 Å². The Kier molecular flexibility index (Phi) is 3.92. The van der Waals surface area contributed by atoms with Gasteiger partial charge in [-0.1, -0.05) is 11.6 Å². The van der Waals surface area contributed by atoms with E-state index in [1.807, 2.05) is 0 Å². The highest BCUT2D eigenvalue weighted by atomic mass is 79.9. The van der Waals surface area contributed by atoms with Crippen molar-refractivity contribution in [2.75, 3.05) is 6.54 Å². The van der Waals surface area contributed by atoms with Gasteiger partial charge in [-0.25, -0.2) is 0 Å². The Morgan fingerprint density at radius 3 is 2.79 bits per heavy atom. The number of rotatable bonds is 3. The molecule has 1 rings (SSSR count). The number of Topliss-reactive ketones (excluding diaryl/α,β-unsaturated/α-hetero) is 1. The third kappa shape index (κ3) is 2.47. The van der Waals surface area contributed by atoms with Crippen molar-refractivity contribution in [3.63, 3.8) is 0 Å². The van der Waals surface area contributed by atoms with Gasteiger partial charge in [-0.2, -0.15) is 0 Å². The summed E-state index contributed by atoms with van der Waals surface area (Å²) in [5.41, 5.74) is 5.45. The molecule has 0 bridgehead atoms. The smallest absolute Gasteiger partial charge is 0.167 e. The van der Waals surface area contributed by atoms with Gasteiger partial charge in [0.1, 0.15) is 5.75 Å². The summed E-state index contributed by atoms with van der Waals surface area (Å²) in [7, 11) is 0. The molecule has 0 atom stereocenters. The van der Waals surface area contributed by atoms with Gasteiger partial charge >= 0.3 is 0 Å². The van der Waals surface area contributed by atoms with Crippen molar-refractivity contribution in [2.45, 2.75) is 6.42 Å². The van der Waals surface area contributed by atoms with Crippen LogP contribution in [0.2, 0.25) is 5.02 Å². The molecular weight excluding hydrogens is 269 g/mol. The molecule has 1 aromatic carbocycles. The van der Waals surface area contributed by atoms with Crippen molar-refractivity contribution >= 4 is 33.3 Å². The zero-order valence-electron chi connectivity index (χ0n) is 7.26. The lowest BCUT2D eigenvalue weighted by Gasteiger charge is -2.05. The Labute approximate surface area is 95.0 Å². The van der Waals surface area contributed by atoms with Crippen molar-refractivity contribution in [3.8, 4) is 5.75 Å². The van der Waals surface area contributed by atoms with E-state index in [9.17, 15) is 9.90 Å². The zero-order valence-corrected chi connectivity index (χ0v) is 9.60. The maximum atomic E-state index is 11.5. The quantitative estimate of drug-likeness (QED) is 0.834. The molecule has 0 fully saturated rings. The maximum Gasteiger partial charge on any atom is 0.167 e. The fourth-order valence-corrected chi connectivity index (χ4v) is 1.85. The Bertz CT molecular complexity index is 368. The number of hydrogen-bond acceptors (Lipinski definition) is 3. The SMILES string of the molecule is NCCC(=O)c1cc(Cl)cc(Br)c1O. The van der Waals surface area contributed by atoms with Crippen LogP contribution in [-0.4, -0.2) is 17.4 Å². The molecule has 76 valence electrons. The van der Waals surface area contributed by atoms with Gasteiger partial charge in [-0.3, -0.25) is 4.79 Å². The molecule has 0 saturated carbocycles. The lowest BCUT2D eigenvalue weighted by Crippen LogP contribution is -2.08. The number of nitrogens with two attached hydrogens (primary N) is 1. The third-order valence-electron chi connectivity index (χ3n) is 1.70. The Morgan fingerprint density at radius 2 is 2.21 bits per heavy atom. The second-order valence-corrected chi connectivity index (χ2v) is 4.04.